The fourth-order valence-corrected chi connectivity index (χ4v) is 3.56. The Morgan fingerprint density at radius 2 is 2.00 bits per heavy atom. The number of rotatable bonds is 8. The molecular weight excluding hydrogens is 441 g/mol. The van der Waals surface area contributed by atoms with E-state index in [9.17, 15) is 26.7 Å². The zero-order chi connectivity index (χ0) is 22.2. The number of H-pyrrole nitrogens is 1. The molecule has 4 rings (SSSR count). The number of hydrogen-bond acceptors (Lipinski definition) is 6. The number of halogens is 5. The molecule has 3 N–H and O–H groups in total. The quantitative estimate of drug-likeness (QED) is 0.253. The number of carbonyl (C=O) groups is 1. The Kier molecular flexibility index (Phi) is 5.73. The van der Waals surface area contributed by atoms with Gasteiger partial charge in [-0.15, -0.1) is 0 Å². The van der Waals surface area contributed by atoms with Crippen LogP contribution >= 0.6 is 11.9 Å². The standard InChI is InChI=1S/C19H16F5N5OS/c20-11-3-4-12(29-31-7-19(22,23)24)15(21)14(11)16(30)10-6-26-18-13(10)17(27-8-28-18)25-5-9-1-2-9/h3-4,6,8-9,29H,1-2,5,7H2,(H2,25,26,27,28). The third-order valence-corrected chi connectivity index (χ3v) is 5.54. The maximum absolute atomic E-state index is 14.9. The van der Waals surface area contributed by atoms with Crippen molar-refractivity contribution in [1.29, 1.82) is 0 Å². The molecule has 0 radical (unpaired) electrons. The number of anilines is 2. The second-order valence-corrected chi connectivity index (χ2v) is 7.87. The summed E-state index contributed by atoms with van der Waals surface area (Å²) >= 11 is 0.186. The van der Waals surface area contributed by atoms with Crippen LogP contribution in [0.15, 0.2) is 24.7 Å². The topological polar surface area (TPSA) is 82.7 Å². The smallest absolute Gasteiger partial charge is 0.369 e. The summed E-state index contributed by atoms with van der Waals surface area (Å²) in [5.41, 5.74) is -1.04. The van der Waals surface area contributed by atoms with Gasteiger partial charge in [-0.2, -0.15) is 13.2 Å². The van der Waals surface area contributed by atoms with Crippen molar-refractivity contribution in [1.82, 2.24) is 15.0 Å². The summed E-state index contributed by atoms with van der Waals surface area (Å²) in [6, 6.07) is 1.76. The van der Waals surface area contributed by atoms with Crippen LogP contribution in [-0.2, 0) is 0 Å². The number of hydrogen-bond donors (Lipinski definition) is 3. The van der Waals surface area contributed by atoms with E-state index in [1.165, 1.54) is 12.5 Å². The van der Waals surface area contributed by atoms with E-state index >= 15 is 0 Å². The van der Waals surface area contributed by atoms with E-state index in [1.54, 1.807) is 0 Å². The van der Waals surface area contributed by atoms with Crippen LogP contribution in [0.3, 0.4) is 0 Å². The number of nitrogens with zero attached hydrogens (tertiary/aromatic N) is 2. The van der Waals surface area contributed by atoms with Gasteiger partial charge in [0.05, 0.1) is 22.2 Å². The lowest BCUT2D eigenvalue weighted by atomic mass is 10.0. The Labute approximate surface area is 177 Å². The van der Waals surface area contributed by atoms with Crippen molar-refractivity contribution in [2.45, 2.75) is 19.0 Å². The van der Waals surface area contributed by atoms with Crippen molar-refractivity contribution in [3.05, 3.63) is 47.4 Å². The molecule has 0 bridgehead atoms. The predicted octanol–water partition coefficient (Wildman–Crippen LogP) is 4.91. The lowest BCUT2D eigenvalue weighted by molar-refractivity contribution is -0.105. The fraction of sp³-hybridized carbons (Fsp3) is 0.316. The summed E-state index contributed by atoms with van der Waals surface area (Å²) in [5.74, 6) is -3.81. The molecule has 1 aromatic carbocycles. The number of fused-ring (bicyclic) bond motifs is 1. The zero-order valence-electron chi connectivity index (χ0n) is 15.8. The second kappa shape index (κ2) is 8.33. The Bertz CT molecular complexity index is 1130. The van der Waals surface area contributed by atoms with Crippen LogP contribution in [0, 0.1) is 17.6 Å². The van der Waals surface area contributed by atoms with Gasteiger partial charge >= 0.3 is 6.18 Å². The molecule has 0 amide bonds. The first-order chi connectivity index (χ1) is 14.7. The summed E-state index contributed by atoms with van der Waals surface area (Å²) in [5, 5.41) is 3.42. The van der Waals surface area contributed by atoms with Gasteiger partial charge in [-0.3, -0.25) is 4.79 Å². The molecule has 0 aliphatic heterocycles. The van der Waals surface area contributed by atoms with Gasteiger partial charge in [0.2, 0.25) is 5.78 Å². The molecule has 1 aliphatic carbocycles. The van der Waals surface area contributed by atoms with Gasteiger partial charge in [0, 0.05) is 12.7 Å². The number of carbonyl (C=O) groups excluding carboxylic acids is 1. The van der Waals surface area contributed by atoms with E-state index in [0.29, 0.717) is 23.9 Å². The molecule has 164 valence electrons. The van der Waals surface area contributed by atoms with Crippen LogP contribution in [0.4, 0.5) is 33.5 Å². The third-order valence-electron chi connectivity index (χ3n) is 4.71. The van der Waals surface area contributed by atoms with Gasteiger partial charge in [-0.1, -0.05) is 0 Å². The van der Waals surface area contributed by atoms with Gasteiger partial charge in [0.15, 0.2) is 5.82 Å². The highest BCUT2D eigenvalue weighted by atomic mass is 32.2. The molecule has 31 heavy (non-hydrogen) atoms. The maximum atomic E-state index is 14.9. The molecule has 6 nitrogen and oxygen atoms in total. The lowest BCUT2D eigenvalue weighted by Gasteiger charge is -2.12. The SMILES string of the molecule is O=C(c1c(F)ccc(NSCC(F)(F)F)c1F)c1c[nH]c2ncnc(NCC3CC3)c12. The summed E-state index contributed by atoms with van der Waals surface area (Å²) in [7, 11) is 0. The summed E-state index contributed by atoms with van der Waals surface area (Å²) in [4.78, 5) is 24.0. The predicted molar refractivity (Wildman–Crippen MR) is 107 cm³/mol. The molecule has 1 aliphatic rings. The van der Waals surface area contributed by atoms with Crippen molar-refractivity contribution in [3.63, 3.8) is 0 Å². The number of aromatic nitrogens is 3. The van der Waals surface area contributed by atoms with Crippen molar-refractivity contribution in [3.8, 4) is 0 Å². The minimum Gasteiger partial charge on any atom is -0.369 e. The van der Waals surface area contributed by atoms with Crippen molar-refractivity contribution < 1.29 is 26.7 Å². The van der Waals surface area contributed by atoms with Crippen molar-refractivity contribution in [2.24, 2.45) is 5.92 Å². The first kappa shape index (κ1) is 21.3. The zero-order valence-corrected chi connectivity index (χ0v) is 16.6. The van der Waals surface area contributed by atoms with Gasteiger partial charge < -0.3 is 15.0 Å². The highest BCUT2D eigenvalue weighted by Crippen LogP contribution is 2.33. The fourth-order valence-electron chi connectivity index (χ4n) is 3.01. The van der Waals surface area contributed by atoms with Crippen LogP contribution in [-0.4, -0.2) is 39.2 Å². The summed E-state index contributed by atoms with van der Waals surface area (Å²) < 4.78 is 68.5. The van der Waals surface area contributed by atoms with E-state index in [0.717, 1.165) is 25.0 Å². The highest BCUT2D eigenvalue weighted by molar-refractivity contribution is 8.00. The number of nitrogens with one attached hydrogen (secondary N) is 3. The Morgan fingerprint density at radius 1 is 1.23 bits per heavy atom. The second-order valence-electron chi connectivity index (χ2n) is 7.09. The lowest BCUT2D eigenvalue weighted by Crippen LogP contribution is -2.13. The van der Waals surface area contributed by atoms with E-state index in [-0.39, 0.29) is 22.9 Å². The van der Waals surface area contributed by atoms with E-state index in [1.807, 2.05) is 0 Å². The normalized spacial score (nSPS) is 14.1. The number of alkyl halides is 3. The van der Waals surface area contributed by atoms with Crippen LogP contribution in [0.2, 0.25) is 0 Å². The molecule has 3 aromatic rings. The van der Waals surface area contributed by atoms with E-state index in [4.69, 9.17) is 0 Å². The maximum Gasteiger partial charge on any atom is 0.399 e. The molecular formula is C19H16F5N5OS. The third kappa shape index (κ3) is 4.73. The first-order valence-corrected chi connectivity index (χ1v) is 10.3. The molecule has 2 heterocycles. The van der Waals surface area contributed by atoms with Gasteiger partial charge in [0.25, 0.3) is 0 Å². The van der Waals surface area contributed by atoms with Crippen LogP contribution in [0.1, 0.15) is 28.8 Å². The Morgan fingerprint density at radius 3 is 2.71 bits per heavy atom. The molecule has 0 unspecified atom stereocenters. The summed E-state index contributed by atoms with van der Waals surface area (Å²) in [6.07, 6.45) is 0.277. The molecule has 0 spiro atoms. The van der Waals surface area contributed by atoms with Crippen molar-refractivity contribution in [2.75, 3.05) is 22.3 Å². The van der Waals surface area contributed by atoms with Gasteiger partial charge in [-0.05, 0) is 42.8 Å². The van der Waals surface area contributed by atoms with Crippen LogP contribution in [0.25, 0.3) is 11.0 Å². The van der Waals surface area contributed by atoms with Crippen LogP contribution in [0.5, 0.6) is 0 Å². The van der Waals surface area contributed by atoms with Gasteiger partial charge in [-0.25, -0.2) is 18.7 Å². The minimum absolute atomic E-state index is 0.0493. The average Bonchev–Trinajstić information content (AvgIpc) is 3.43. The molecule has 0 saturated heterocycles. The molecule has 1 fully saturated rings. The van der Waals surface area contributed by atoms with E-state index in [2.05, 4.69) is 25.0 Å². The number of benzene rings is 1. The number of aromatic amines is 1. The highest BCUT2D eigenvalue weighted by Gasteiger charge is 2.29. The minimum atomic E-state index is -4.47. The molecule has 12 heteroatoms. The summed E-state index contributed by atoms with van der Waals surface area (Å²) in [6.45, 7) is 0.642. The van der Waals surface area contributed by atoms with Crippen molar-refractivity contribution >= 4 is 40.3 Å². The monoisotopic (exact) mass is 457 g/mol. The molecule has 0 atom stereocenters. The Hall–Kier alpha value is -2.89. The largest absolute Gasteiger partial charge is 0.399 e. The molecule has 2 aromatic heterocycles. The number of ketones is 1. The first-order valence-electron chi connectivity index (χ1n) is 9.28. The average molecular weight is 457 g/mol. The molecule has 1 saturated carbocycles. The van der Waals surface area contributed by atoms with Crippen LogP contribution < -0.4 is 10.0 Å². The Balaban J connectivity index is 1.66. The van der Waals surface area contributed by atoms with E-state index < -0.39 is 40.6 Å². The van der Waals surface area contributed by atoms with Gasteiger partial charge in [0.1, 0.15) is 29.4 Å².